The minimum Gasteiger partial charge on any atom is -0.482 e. The number of hydrogen-bond acceptors (Lipinski definition) is 2. The van der Waals surface area contributed by atoms with Gasteiger partial charge in [0.2, 0.25) is 0 Å². The molecule has 0 N–H and O–H groups in total. The molecule has 0 bridgehead atoms. The van der Waals surface area contributed by atoms with Gasteiger partial charge in [-0.25, -0.2) is 0 Å². The van der Waals surface area contributed by atoms with E-state index in [-0.39, 0.29) is 0 Å². The largest absolute Gasteiger partial charge is 0.482 e. The van der Waals surface area contributed by atoms with Crippen molar-refractivity contribution in [2.75, 3.05) is 0 Å². The lowest BCUT2D eigenvalue weighted by atomic mass is 10.2. The van der Waals surface area contributed by atoms with Crippen LogP contribution in [0.1, 0.15) is 13.8 Å². The van der Waals surface area contributed by atoms with Crippen LogP contribution in [-0.4, -0.2) is 11.0 Å². The third-order valence-corrected chi connectivity index (χ3v) is 1.90. The minimum atomic E-state index is -0.396. The van der Waals surface area contributed by atoms with E-state index in [1.54, 1.807) is 5.37 Å². The first-order valence-electron chi connectivity index (χ1n) is 3.76. The van der Waals surface area contributed by atoms with Crippen LogP contribution in [0.2, 0.25) is 0 Å². The Hall–Kier alpha value is -0.890. The Morgan fingerprint density at radius 2 is 2.25 bits per heavy atom. The molecule has 63 valence electrons. The van der Waals surface area contributed by atoms with E-state index in [9.17, 15) is 0 Å². The summed E-state index contributed by atoms with van der Waals surface area (Å²) in [5.74, 6) is 0.726. The van der Waals surface area contributed by atoms with Gasteiger partial charge in [0, 0.05) is 11.4 Å². The van der Waals surface area contributed by atoms with Gasteiger partial charge in [0.1, 0.15) is 11.4 Å². The van der Waals surface area contributed by atoms with E-state index in [2.05, 4.69) is 6.07 Å². The fourth-order valence-electron chi connectivity index (χ4n) is 0.748. The molecule has 0 aliphatic rings. The van der Waals surface area contributed by atoms with Crippen LogP contribution in [0.15, 0.2) is 24.3 Å². The van der Waals surface area contributed by atoms with Crippen molar-refractivity contribution >= 4 is 17.6 Å². The molecule has 0 saturated heterocycles. The first kappa shape index (κ1) is 9.20. The third-order valence-electron chi connectivity index (χ3n) is 1.34. The molecule has 0 unspecified atom stereocenters. The van der Waals surface area contributed by atoms with Crippen LogP contribution in [0, 0.1) is 6.07 Å². The molecule has 0 aliphatic carbocycles. The van der Waals surface area contributed by atoms with Gasteiger partial charge in [0.05, 0.1) is 0 Å². The molecular formula is C10H11OS. The lowest BCUT2D eigenvalue weighted by molar-refractivity contribution is 0.189. The van der Waals surface area contributed by atoms with Crippen LogP contribution in [0.5, 0.6) is 5.75 Å². The van der Waals surface area contributed by atoms with Gasteiger partial charge in [0.25, 0.3) is 0 Å². The molecule has 2 heteroatoms. The second-order valence-corrected chi connectivity index (χ2v) is 3.29. The smallest absolute Gasteiger partial charge is 0.132 e. The van der Waals surface area contributed by atoms with Crippen LogP contribution in [0.25, 0.3) is 0 Å². The highest BCUT2D eigenvalue weighted by Gasteiger charge is 2.14. The first-order valence-corrected chi connectivity index (χ1v) is 4.23. The summed E-state index contributed by atoms with van der Waals surface area (Å²) in [4.78, 5) is 0. The molecule has 1 aromatic carbocycles. The second kappa shape index (κ2) is 3.68. The normalized spacial score (nSPS) is 10.8. The molecule has 0 atom stereocenters. The Labute approximate surface area is 78.4 Å². The molecule has 1 rings (SSSR count). The zero-order valence-electron chi connectivity index (χ0n) is 7.20. The average molecular weight is 179 g/mol. The van der Waals surface area contributed by atoms with Gasteiger partial charge in [-0.3, -0.25) is 0 Å². The summed E-state index contributed by atoms with van der Waals surface area (Å²) in [5, 5.41) is 1.60. The zero-order valence-corrected chi connectivity index (χ0v) is 8.02. The minimum absolute atomic E-state index is 0.396. The zero-order chi connectivity index (χ0) is 9.03. The summed E-state index contributed by atoms with van der Waals surface area (Å²) in [5.41, 5.74) is -0.396. The van der Waals surface area contributed by atoms with Crippen molar-refractivity contribution in [1.82, 2.24) is 0 Å². The Morgan fingerprint density at radius 1 is 1.50 bits per heavy atom. The Morgan fingerprint density at radius 3 is 2.75 bits per heavy atom. The number of rotatable bonds is 3. The van der Waals surface area contributed by atoms with Gasteiger partial charge in [-0.15, -0.1) is 0 Å². The fourth-order valence-corrected chi connectivity index (χ4v) is 0.796. The van der Waals surface area contributed by atoms with E-state index >= 15 is 0 Å². The van der Waals surface area contributed by atoms with Gasteiger partial charge in [-0.1, -0.05) is 30.4 Å². The molecule has 0 spiro atoms. The maximum atomic E-state index is 5.54. The molecule has 12 heavy (non-hydrogen) atoms. The van der Waals surface area contributed by atoms with Crippen molar-refractivity contribution in [3.63, 3.8) is 0 Å². The van der Waals surface area contributed by atoms with Gasteiger partial charge < -0.3 is 4.74 Å². The maximum absolute atomic E-state index is 5.54. The highest BCUT2D eigenvalue weighted by atomic mass is 32.1. The Balaban J connectivity index is 2.70. The molecule has 0 aliphatic heterocycles. The molecule has 1 radical (unpaired) electrons. The average Bonchev–Trinajstić information content (AvgIpc) is 2.06. The topological polar surface area (TPSA) is 9.23 Å². The molecule has 1 nitrogen and oxygen atoms in total. The van der Waals surface area contributed by atoms with Gasteiger partial charge >= 0.3 is 0 Å². The molecule has 0 amide bonds. The second-order valence-electron chi connectivity index (χ2n) is 3.05. The lowest BCUT2D eigenvalue weighted by Gasteiger charge is -2.20. The van der Waals surface area contributed by atoms with E-state index in [0.29, 0.717) is 0 Å². The third kappa shape index (κ3) is 2.62. The molecule has 0 fully saturated rings. The van der Waals surface area contributed by atoms with Crippen molar-refractivity contribution < 1.29 is 4.74 Å². The number of hydrogen-bond donors (Lipinski definition) is 0. The predicted molar refractivity (Wildman–Crippen MR) is 53.6 cm³/mol. The highest BCUT2D eigenvalue weighted by Crippen LogP contribution is 2.15. The standard InChI is InChI=1S/C10H11OS/c1-10(2,8-12)11-9-6-4-3-5-7-9/h3-6,8H,1-2H3. The summed E-state index contributed by atoms with van der Waals surface area (Å²) in [6, 6.07) is 10.5. The summed E-state index contributed by atoms with van der Waals surface area (Å²) in [6.45, 7) is 3.84. The number of benzene rings is 1. The molecule has 0 heterocycles. The Kier molecular flexibility index (Phi) is 2.82. The van der Waals surface area contributed by atoms with E-state index in [4.69, 9.17) is 17.0 Å². The van der Waals surface area contributed by atoms with Gasteiger partial charge in [-0.2, -0.15) is 0 Å². The van der Waals surface area contributed by atoms with Crippen molar-refractivity contribution in [2.24, 2.45) is 0 Å². The van der Waals surface area contributed by atoms with E-state index in [1.165, 1.54) is 0 Å². The summed E-state index contributed by atoms with van der Waals surface area (Å²) >= 11 is 4.82. The van der Waals surface area contributed by atoms with Crippen molar-refractivity contribution in [2.45, 2.75) is 19.4 Å². The summed E-state index contributed by atoms with van der Waals surface area (Å²) < 4.78 is 5.54. The van der Waals surface area contributed by atoms with Crippen molar-refractivity contribution in [3.8, 4) is 5.75 Å². The molecule has 0 aromatic heterocycles. The van der Waals surface area contributed by atoms with Crippen LogP contribution < -0.4 is 4.74 Å². The van der Waals surface area contributed by atoms with Gasteiger partial charge in [-0.05, 0) is 19.9 Å². The monoisotopic (exact) mass is 179 g/mol. The quantitative estimate of drug-likeness (QED) is 0.660. The number of ether oxygens (including phenoxy) is 1. The fraction of sp³-hybridized carbons (Fsp3) is 0.300. The highest BCUT2D eigenvalue weighted by molar-refractivity contribution is 7.79. The van der Waals surface area contributed by atoms with Gasteiger partial charge in [0.15, 0.2) is 0 Å². The van der Waals surface area contributed by atoms with Crippen molar-refractivity contribution in [1.29, 1.82) is 0 Å². The van der Waals surface area contributed by atoms with Crippen LogP contribution in [-0.2, 0) is 0 Å². The van der Waals surface area contributed by atoms with E-state index < -0.39 is 5.60 Å². The van der Waals surface area contributed by atoms with Crippen molar-refractivity contribution in [3.05, 3.63) is 30.3 Å². The van der Waals surface area contributed by atoms with E-state index in [1.807, 2.05) is 38.1 Å². The number of thiocarbonyl (C=S) groups is 1. The lowest BCUT2D eigenvalue weighted by Crippen LogP contribution is -2.28. The van der Waals surface area contributed by atoms with Crippen LogP contribution in [0.4, 0.5) is 0 Å². The summed E-state index contributed by atoms with van der Waals surface area (Å²) in [7, 11) is 0. The van der Waals surface area contributed by atoms with E-state index in [0.717, 1.165) is 5.75 Å². The van der Waals surface area contributed by atoms with Crippen LogP contribution in [0.3, 0.4) is 0 Å². The summed E-state index contributed by atoms with van der Waals surface area (Å²) in [6.07, 6.45) is 0. The first-order chi connectivity index (χ1) is 5.64. The maximum Gasteiger partial charge on any atom is 0.132 e. The molecule has 0 saturated carbocycles. The number of para-hydroxylation sites is 1. The predicted octanol–water partition coefficient (Wildman–Crippen LogP) is 2.64. The molecule has 1 aromatic rings. The SMILES string of the molecule is CC(C)(C=S)Oc1[c]cccc1. The Bertz CT molecular complexity index is 254. The molecular weight excluding hydrogens is 168 g/mol. The van der Waals surface area contributed by atoms with Crippen LogP contribution >= 0.6 is 12.2 Å².